The molecular weight excluding hydrogens is 392 g/mol. The number of carbonyl (C=O) groups excluding carboxylic acids is 1. The Morgan fingerprint density at radius 3 is 3.00 bits per heavy atom. The minimum absolute atomic E-state index is 0.229. The number of nitrogens with zero attached hydrogens (tertiary/aromatic N) is 4. The zero-order valence-electron chi connectivity index (χ0n) is 15.1. The molecule has 0 fully saturated rings. The molecule has 5 rings (SSSR count). The molecule has 0 saturated heterocycles. The number of hydrogen-bond acceptors (Lipinski definition) is 5. The second-order valence-electron chi connectivity index (χ2n) is 6.47. The summed E-state index contributed by atoms with van der Waals surface area (Å²) in [5.41, 5.74) is 2.62. The molecule has 1 amide bonds. The van der Waals surface area contributed by atoms with Gasteiger partial charge in [-0.2, -0.15) is 0 Å². The van der Waals surface area contributed by atoms with Gasteiger partial charge < -0.3 is 14.7 Å². The van der Waals surface area contributed by atoms with Crippen LogP contribution < -0.4 is 5.32 Å². The number of hydrogen-bond donors (Lipinski definition) is 2. The first-order valence-electron chi connectivity index (χ1n) is 8.99. The van der Waals surface area contributed by atoms with Crippen molar-refractivity contribution in [1.29, 1.82) is 0 Å². The van der Waals surface area contributed by atoms with Gasteiger partial charge in [-0.05, 0) is 42.5 Å². The number of amides is 1. The second-order valence-corrected chi connectivity index (χ2v) is 6.90. The average Bonchev–Trinajstić information content (AvgIpc) is 3.45. The van der Waals surface area contributed by atoms with Crippen molar-refractivity contribution < 1.29 is 9.21 Å². The van der Waals surface area contributed by atoms with Crippen molar-refractivity contribution in [2.24, 2.45) is 0 Å². The fourth-order valence-electron chi connectivity index (χ4n) is 3.21. The van der Waals surface area contributed by atoms with Crippen LogP contribution in [-0.2, 0) is 6.42 Å². The summed E-state index contributed by atoms with van der Waals surface area (Å²) in [6.45, 7) is 0.423. The summed E-state index contributed by atoms with van der Waals surface area (Å²) in [5, 5.41) is 11.9. The number of H-pyrrole nitrogens is 1. The Balaban J connectivity index is 1.32. The standard InChI is InChI=1S/C20H15ClN6O2/c21-12-5-6-14-15(11-12)24-17(23-14)7-8-22-20(28)13-3-1-9-27-18(13)25-26-19(27)16-4-2-10-29-16/h1-6,9-11H,7-8H2,(H,22,28)(H,23,24). The Morgan fingerprint density at radius 2 is 2.14 bits per heavy atom. The lowest BCUT2D eigenvalue weighted by molar-refractivity contribution is 0.0955. The maximum atomic E-state index is 12.7. The van der Waals surface area contributed by atoms with Crippen LogP contribution in [0.5, 0.6) is 0 Å². The van der Waals surface area contributed by atoms with Crippen molar-refractivity contribution >= 4 is 34.2 Å². The van der Waals surface area contributed by atoms with E-state index in [-0.39, 0.29) is 5.91 Å². The molecule has 0 unspecified atom stereocenters. The summed E-state index contributed by atoms with van der Waals surface area (Å²) in [6, 6.07) is 12.6. The first-order chi connectivity index (χ1) is 14.2. The number of benzene rings is 1. The number of furan rings is 1. The first kappa shape index (κ1) is 17.4. The van der Waals surface area contributed by atoms with Gasteiger partial charge in [0.1, 0.15) is 5.82 Å². The number of carbonyl (C=O) groups is 1. The number of halogens is 1. The van der Waals surface area contributed by atoms with Crippen LogP contribution >= 0.6 is 11.6 Å². The maximum Gasteiger partial charge on any atom is 0.255 e. The molecular formula is C20H15ClN6O2. The molecule has 0 aliphatic carbocycles. The lowest BCUT2D eigenvalue weighted by atomic mass is 10.2. The van der Waals surface area contributed by atoms with E-state index >= 15 is 0 Å². The van der Waals surface area contributed by atoms with Gasteiger partial charge in [-0.1, -0.05) is 11.6 Å². The third-order valence-corrected chi connectivity index (χ3v) is 4.80. The minimum Gasteiger partial charge on any atom is -0.461 e. The molecule has 4 aromatic heterocycles. The SMILES string of the molecule is O=C(NCCc1nc2ccc(Cl)cc2[nH]1)c1cccn2c(-c3ccco3)nnc12. The second kappa shape index (κ2) is 7.06. The summed E-state index contributed by atoms with van der Waals surface area (Å²) < 4.78 is 7.12. The van der Waals surface area contributed by atoms with Crippen LogP contribution in [0, 0.1) is 0 Å². The normalized spacial score (nSPS) is 11.3. The summed E-state index contributed by atoms with van der Waals surface area (Å²) >= 11 is 6.00. The van der Waals surface area contributed by atoms with Crippen molar-refractivity contribution in [1.82, 2.24) is 29.9 Å². The van der Waals surface area contributed by atoms with Crippen LogP contribution in [-0.4, -0.2) is 37.0 Å². The number of pyridine rings is 1. The molecule has 0 saturated carbocycles. The van der Waals surface area contributed by atoms with E-state index in [0.29, 0.717) is 40.8 Å². The number of imidazole rings is 1. The minimum atomic E-state index is -0.229. The summed E-state index contributed by atoms with van der Waals surface area (Å²) in [5.74, 6) is 1.68. The molecule has 0 atom stereocenters. The molecule has 4 heterocycles. The fourth-order valence-corrected chi connectivity index (χ4v) is 3.38. The van der Waals surface area contributed by atoms with E-state index in [9.17, 15) is 4.79 Å². The summed E-state index contributed by atoms with van der Waals surface area (Å²) in [7, 11) is 0. The molecule has 0 bridgehead atoms. The van der Waals surface area contributed by atoms with E-state index < -0.39 is 0 Å². The van der Waals surface area contributed by atoms with Gasteiger partial charge in [0.05, 0.1) is 22.9 Å². The van der Waals surface area contributed by atoms with Gasteiger partial charge in [0, 0.05) is 24.2 Å². The number of aromatic nitrogens is 5. The van der Waals surface area contributed by atoms with Crippen LogP contribution in [0.25, 0.3) is 28.3 Å². The molecule has 144 valence electrons. The smallest absolute Gasteiger partial charge is 0.255 e. The molecule has 0 radical (unpaired) electrons. The number of nitrogens with one attached hydrogen (secondary N) is 2. The van der Waals surface area contributed by atoms with Crippen LogP contribution in [0.2, 0.25) is 5.02 Å². The van der Waals surface area contributed by atoms with Gasteiger partial charge in [-0.15, -0.1) is 10.2 Å². The lowest BCUT2D eigenvalue weighted by Gasteiger charge is -2.05. The van der Waals surface area contributed by atoms with E-state index in [1.165, 1.54) is 0 Å². The van der Waals surface area contributed by atoms with Gasteiger partial charge in [-0.25, -0.2) is 4.98 Å². The van der Waals surface area contributed by atoms with Crippen LogP contribution in [0.4, 0.5) is 0 Å². The van der Waals surface area contributed by atoms with Crippen LogP contribution in [0.3, 0.4) is 0 Å². The molecule has 8 nitrogen and oxygen atoms in total. The van der Waals surface area contributed by atoms with Crippen molar-refractivity contribution in [2.75, 3.05) is 6.54 Å². The predicted molar refractivity (Wildman–Crippen MR) is 108 cm³/mol. The van der Waals surface area contributed by atoms with Crippen molar-refractivity contribution in [3.63, 3.8) is 0 Å². The van der Waals surface area contributed by atoms with E-state index in [4.69, 9.17) is 16.0 Å². The first-order valence-corrected chi connectivity index (χ1v) is 9.37. The number of aromatic amines is 1. The third kappa shape index (κ3) is 3.23. The topological polar surface area (TPSA) is 101 Å². The zero-order valence-corrected chi connectivity index (χ0v) is 15.8. The zero-order chi connectivity index (χ0) is 19.8. The largest absolute Gasteiger partial charge is 0.461 e. The molecule has 29 heavy (non-hydrogen) atoms. The Bertz CT molecular complexity index is 1320. The van der Waals surface area contributed by atoms with Gasteiger partial charge >= 0.3 is 0 Å². The van der Waals surface area contributed by atoms with Crippen molar-refractivity contribution in [3.8, 4) is 11.6 Å². The van der Waals surface area contributed by atoms with Crippen LogP contribution in [0.1, 0.15) is 16.2 Å². The Labute approximate surface area is 169 Å². The highest BCUT2D eigenvalue weighted by atomic mass is 35.5. The molecule has 5 aromatic rings. The number of rotatable bonds is 5. The lowest BCUT2D eigenvalue weighted by Crippen LogP contribution is -2.26. The van der Waals surface area contributed by atoms with E-state index in [1.807, 2.05) is 12.1 Å². The quantitative estimate of drug-likeness (QED) is 0.465. The van der Waals surface area contributed by atoms with Crippen molar-refractivity contribution in [3.05, 3.63) is 71.3 Å². The van der Waals surface area contributed by atoms with Crippen LogP contribution in [0.15, 0.2) is 59.3 Å². The van der Waals surface area contributed by atoms with E-state index in [0.717, 1.165) is 16.9 Å². The highest BCUT2D eigenvalue weighted by Gasteiger charge is 2.17. The average molecular weight is 407 g/mol. The molecule has 0 aliphatic rings. The van der Waals surface area contributed by atoms with Gasteiger partial charge in [0.15, 0.2) is 11.4 Å². The van der Waals surface area contributed by atoms with Gasteiger partial charge in [0.2, 0.25) is 5.82 Å². The van der Waals surface area contributed by atoms with E-state index in [1.54, 1.807) is 47.2 Å². The molecule has 9 heteroatoms. The van der Waals surface area contributed by atoms with Gasteiger partial charge in [0.25, 0.3) is 5.91 Å². The monoisotopic (exact) mass is 406 g/mol. The summed E-state index contributed by atoms with van der Waals surface area (Å²) in [6.07, 6.45) is 3.92. The molecule has 0 spiro atoms. The Morgan fingerprint density at radius 1 is 1.21 bits per heavy atom. The Kier molecular flexibility index (Phi) is 4.25. The summed E-state index contributed by atoms with van der Waals surface area (Å²) in [4.78, 5) is 20.4. The third-order valence-electron chi connectivity index (χ3n) is 4.56. The Hall–Kier alpha value is -3.65. The maximum absolute atomic E-state index is 12.7. The van der Waals surface area contributed by atoms with Crippen molar-refractivity contribution in [2.45, 2.75) is 6.42 Å². The van der Waals surface area contributed by atoms with E-state index in [2.05, 4.69) is 25.5 Å². The van der Waals surface area contributed by atoms with Gasteiger partial charge in [-0.3, -0.25) is 9.20 Å². The number of fused-ring (bicyclic) bond motifs is 2. The molecule has 1 aromatic carbocycles. The highest BCUT2D eigenvalue weighted by molar-refractivity contribution is 6.31. The fraction of sp³-hybridized carbons (Fsp3) is 0.100. The highest BCUT2D eigenvalue weighted by Crippen LogP contribution is 2.20. The molecule has 0 aliphatic heterocycles. The predicted octanol–water partition coefficient (Wildman–Crippen LogP) is 3.49. The molecule has 2 N–H and O–H groups in total.